The molecule has 1 heterocycles. The van der Waals surface area contributed by atoms with Crippen LogP contribution in [0.25, 0.3) is 0 Å². The predicted molar refractivity (Wildman–Crippen MR) is 50.1 cm³/mol. The quantitative estimate of drug-likeness (QED) is 0.471. The summed E-state index contributed by atoms with van der Waals surface area (Å²) in [4.78, 5) is 11.1. The summed E-state index contributed by atoms with van der Waals surface area (Å²) >= 11 is 5.84. The van der Waals surface area contributed by atoms with E-state index in [0.717, 1.165) is 5.56 Å². The zero-order valence-electron chi connectivity index (χ0n) is 7.21. The van der Waals surface area contributed by atoms with Crippen LogP contribution in [0.2, 0.25) is 5.02 Å². The van der Waals surface area contributed by atoms with Gasteiger partial charge in [-0.05, 0) is 29.7 Å². The van der Waals surface area contributed by atoms with Gasteiger partial charge in [-0.1, -0.05) is 18.5 Å². The van der Waals surface area contributed by atoms with Crippen LogP contribution in [-0.4, -0.2) is 5.97 Å². The number of ether oxygens (including phenoxy) is 1. The van der Waals surface area contributed by atoms with E-state index in [9.17, 15) is 4.79 Å². The first-order valence-electron chi connectivity index (χ1n) is 4.17. The van der Waals surface area contributed by atoms with Gasteiger partial charge in [0.15, 0.2) is 0 Å². The average Bonchev–Trinajstić information content (AvgIpc) is 2.06. The molecule has 2 nitrogen and oxygen atoms in total. The van der Waals surface area contributed by atoms with Gasteiger partial charge in [0, 0.05) is 5.02 Å². The number of rotatable bonds is 0. The monoisotopic (exact) mass is 196 g/mol. The lowest BCUT2D eigenvalue weighted by Crippen LogP contribution is -2.18. The molecule has 1 unspecified atom stereocenters. The summed E-state index contributed by atoms with van der Waals surface area (Å²) in [5.41, 5.74) is 1.02. The molecule has 1 aromatic rings. The van der Waals surface area contributed by atoms with Gasteiger partial charge in [0.2, 0.25) is 0 Å². The standard InChI is InChI=1S/C10H9ClO2/c1-6-4-10(12)13-9-3-2-7(11)5-8(6)9/h2-3,5-6H,4H2,1H3. The van der Waals surface area contributed by atoms with Gasteiger partial charge in [-0.15, -0.1) is 0 Å². The number of esters is 1. The van der Waals surface area contributed by atoms with E-state index in [-0.39, 0.29) is 11.9 Å². The van der Waals surface area contributed by atoms with Crippen LogP contribution >= 0.6 is 11.6 Å². The fraction of sp³-hybridized carbons (Fsp3) is 0.300. The maximum absolute atomic E-state index is 11.1. The molecule has 0 aliphatic carbocycles. The second-order valence-electron chi connectivity index (χ2n) is 3.26. The van der Waals surface area contributed by atoms with E-state index in [1.165, 1.54) is 0 Å². The van der Waals surface area contributed by atoms with Gasteiger partial charge >= 0.3 is 5.97 Å². The predicted octanol–water partition coefficient (Wildman–Crippen LogP) is 2.75. The highest BCUT2D eigenvalue weighted by atomic mass is 35.5. The van der Waals surface area contributed by atoms with Crippen LogP contribution in [0.4, 0.5) is 0 Å². The fourth-order valence-corrected chi connectivity index (χ4v) is 1.70. The molecule has 68 valence electrons. The van der Waals surface area contributed by atoms with E-state index in [1.54, 1.807) is 12.1 Å². The summed E-state index contributed by atoms with van der Waals surface area (Å²) < 4.78 is 5.06. The van der Waals surface area contributed by atoms with Crippen molar-refractivity contribution < 1.29 is 9.53 Å². The number of halogens is 1. The Labute approximate surface area is 81.5 Å². The first-order valence-corrected chi connectivity index (χ1v) is 4.55. The molecule has 0 saturated heterocycles. The Morgan fingerprint density at radius 2 is 2.31 bits per heavy atom. The third kappa shape index (κ3) is 1.54. The van der Waals surface area contributed by atoms with Gasteiger partial charge in [0.25, 0.3) is 0 Å². The molecule has 0 bridgehead atoms. The lowest BCUT2D eigenvalue weighted by atomic mass is 9.95. The molecule has 3 heteroatoms. The molecule has 1 aliphatic rings. The normalized spacial score (nSPS) is 20.8. The molecule has 0 spiro atoms. The average molecular weight is 197 g/mol. The van der Waals surface area contributed by atoms with E-state index in [2.05, 4.69) is 0 Å². The van der Waals surface area contributed by atoms with Crippen molar-refractivity contribution in [2.45, 2.75) is 19.3 Å². The highest BCUT2D eigenvalue weighted by molar-refractivity contribution is 6.30. The third-order valence-corrected chi connectivity index (χ3v) is 2.43. The second kappa shape index (κ2) is 3.04. The van der Waals surface area contributed by atoms with E-state index in [0.29, 0.717) is 17.2 Å². The van der Waals surface area contributed by atoms with E-state index in [4.69, 9.17) is 16.3 Å². The smallest absolute Gasteiger partial charge is 0.311 e. The lowest BCUT2D eigenvalue weighted by molar-refractivity contribution is -0.135. The summed E-state index contributed by atoms with van der Waals surface area (Å²) in [5.74, 6) is 0.686. The molecule has 2 rings (SSSR count). The molecule has 1 aromatic carbocycles. The van der Waals surface area contributed by atoms with Gasteiger partial charge in [-0.25, -0.2) is 0 Å². The molecule has 0 amide bonds. The van der Waals surface area contributed by atoms with Crippen LogP contribution in [0.1, 0.15) is 24.8 Å². The molecule has 1 atom stereocenters. The Morgan fingerprint density at radius 1 is 1.54 bits per heavy atom. The van der Waals surface area contributed by atoms with Crippen LogP contribution in [0.3, 0.4) is 0 Å². The van der Waals surface area contributed by atoms with Crippen LogP contribution in [0.15, 0.2) is 18.2 Å². The summed E-state index contributed by atoms with van der Waals surface area (Å²) in [6.07, 6.45) is 0.438. The van der Waals surface area contributed by atoms with Crippen LogP contribution in [-0.2, 0) is 4.79 Å². The molecular weight excluding hydrogens is 188 g/mol. The Balaban J connectivity index is 2.49. The van der Waals surface area contributed by atoms with Crippen molar-refractivity contribution in [3.05, 3.63) is 28.8 Å². The van der Waals surface area contributed by atoms with Crippen molar-refractivity contribution in [3.8, 4) is 5.75 Å². The summed E-state index contributed by atoms with van der Waals surface area (Å²) in [6.45, 7) is 2.00. The van der Waals surface area contributed by atoms with Crippen LogP contribution in [0, 0.1) is 0 Å². The SMILES string of the molecule is CC1CC(=O)Oc2ccc(Cl)cc21. The van der Waals surface area contributed by atoms with Gasteiger partial charge in [0.05, 0.1) is 6.42 Å². The molecule has 0 fully saturated rings. The molecule has 0 saturated carbocycles. The van der Waals surface area contributed by atoms with E-state index in [1.807, 2.05) is 13.0 Å². The minimum absolute atomic E-state index is 0.165. The molecule has 0 radical (unpaired) electrons. The zero-order chi connectivity index (χ0) is 9.42. The Kier molecular flexibility index (Phi) is 2.00. The largest absolute Gasteiger partial charge is 0.426 e. The first kappa shape index (κ1) is 8.57. The third-order valence-electron chi connectivity index (χ3n) is 2.20. The number of fused-ring (bicyclic) bond motifs is 1. The number of benzene rings is 1. The first-order chi connectivity index (χ1) is 6.16. The minimum atomic E-state index is -0.165. The molecule has 0 aromatic heterocycles. The number of hydrogen-bond donors (Lipinski definition) is 0. The molecule has 13 heavy (non-hydrogen) atoms. The van der Waals surface area contributed by atoms with Crippen molar-refractivity contribution in [2.75, 3.05) is 0 Å². The van der Waals surface area contributed by atoms with E-state index < -0.39 is 0 Å². The summed E-state index contributed by atoms with van der Waals surface area (Å²) in [7, 11) is 0. The molecule has 0 N–H and O–H groups in total. The maximum Gasteiger partial charge on any atom is 0.311 e. The fourth-order valence-electron chi connectivity index (χ4n) is 1.52. The molecular formula is C10H9ClO2. The second-order valence-corrected chi connectivity index (χ2v) is 3.70. The molecule has 1 aliphatic heterocycles. The van der Waals surface area contributed by atoms with Gasteiger partial charge < -0.3 is 4.74 Å². The lowest BCUT2D eigenvalue weighted by Gasteiger charge is -2.21. The highest BCUT2D eigenvalue weighted by Gasteiger charge is 2.23. The maximum atomic E-state index is 11.1. The van der Waals surface area contributed by atoms with Crippen molar-refractivity contribution in [1.82, 2.24) is 0 Å². The zero-order valence-corrected chi connectivity index (χ0v) is 7.97. The van der Waals surface area contributed by atoms with Crippen molar-refractivity contribution >= 4 is 17.6 Å². The van der Waals surface area contributed by atoms with Crippen LogP contribution in [0.5, 0.6) is 5.75 Å². The van der Waals surface area contributed by atoms with Crippen molar-refractivity contribution in [1.29, 1.82) is 0 Å². The topological polar surface area (TPSA) is 26.3 Å². The Hall–Kier alpha value is -1.02. The van der Waals surface area contributed by atoms with Crippen LogP contribution < -0.4 is 4.74 Å². The van der Waals surface area contributed by atoms with E-state index >= 15 is 0 Å². The summed E-state index contributed by atoms with van der Waals surface area (Å²) in [6, 6.07) is 5.32. The van der Waals surface area contributed by atoms with Gasteiger partial charge in [0.1, 0.15) is 5.75 Å². The highest BCUT2D eigenvalue weighted by Crippen LogP contribution is 2.35. The number of hydrogen-bond acceptors (Lipinski definition) is 2. The Morgan fingerprint density at radius 3 is 3.08 bits per heavy atom. The number of carbonyl (C=O) groups is 1. The number of carbonyl (C=O) groups excluding carboxylic acids is 1. The Bertz CT molecular complexity index is 360. The van der Waals surface area contributed by atoms with Crippen molar-refractivity contribution in [2.24, 2.45) is 0 Å². The van der Waals surface area contributed by atoms with Gasteiger partial charge in [-0.2, -0.15) is 0 Å². The summed E-state index contributed by atoms with van der Waals surface area (Å²) in [5, 5.41) is 0.684. The van der Waals surface area contributed by atoms with Gasteiger partial charge in [-0.3, -0.25) is 4.79 Å². The van der Waals surface area contributed by atoms with Crippen molar-refractivity contribution in [3.63, 3.8) is 0 Å². The minimum Gasteiger partial charge on any atom is -0.426 e.